The number of ether oxygens (including phenoxy) is 1. The molecule has 0 fully saturated rings. The number of rotatable bonds is 1. The molecule has 0 saturated heterocycles. The molecule has 0 spiro atoms. The van der Waals surface area contributed by atoms with Crippen LogP contribution in [0.2, 0.25) is 0 Å². The second-order valence-electron chi connectivity index (χ2n) is 2.05. The van der Waals surface area contributed by atoms with Crippen molar-refractivity contribution in [2.75, 3.05) is 7.11 Å². The fraction of sp³-hybridized carbons (Fsp3) is 0.800. The van der Waals surface area contributed by atoms with E-state index < -0.39 is 11.6 Å². The molecule has 0 heterocycles. The van der Waals surface area contributed by atoms with Gasteiger partial charge in [-0.25, -0.2) is 4.79 Å². The normalized spacial score (nSPS) is 9.20. The van der Waals surface area contributed by atoms with Crippen LogP contribution in [0, 0.1) is 0 Å². The number of aliphatic hydroxyl groups is 1. The van der Waals surface area contributed by atoms with E-state index in [4.69, 9.17) is 5.11 Å². The molecule has 5 heteroatoms. The number of methoxy groups -OCH3 is 1. The van der Waals surface area contributed by atoms with Crippen LogP contribution < -0.4 is 0 Å². The van der Waals surface area contributed by atoms with Crippen molar-refractivity contribution in [3.05, 3.63) is 0 Å². The molecule has 0 aliphatic carbocycles. The molecule has 0 atom stereocenters. The molecule has 0 aromatic heterocycles. The van der Waals surface area contributed by atoms with Crippen molar-refractivity contribution in [2.45, 2.75) is 19.4 Å². The molecule has 60 valence electrons. The standard InChI is InChI=1S/C5H10O3.S2/c1-5(2,7)4(6)8-3;1-2/h7H,1-3H3;. The Morgan fingerprint density at radius 2 is 1.80 bits per heavy atom. The van der Waals surface area contributed by atoms with Crippen molar-refractivity contribution in [1.29, 1.82) is 0 Å². The van der Waals surface area contributed by atoms with E-state index >= 15 is 0 Å². The van der Waals surface area contributed by atoms with Gasteiger partial charge in [0, 0.05) is 22.4 Å². The first-order chi connectivity index (χ1) is 4.48. The molecule has 0 aliphatic rings. The van der Waals surface area contributed by atoms with Gasteiger partial charge in [0.2, 0.25) is 0 Å². The van der Waals surface area contributed by atoms with Crippen LogP contribution >= 0.6 is 0 Å². The molecule has 0 saturated carbocycles. The van der Waals surface area contributed by atoms with Crippen LogP contribution in [0.1, 0.15) is 13.8 Å². The van der Waals surface area contributed by atoms with Crippen molar-refractivity contribution in [2.24, 2.45) is 0 Å². The first-order valence-corrected chi connectivity index (χ1v) is 3.79. The van der Waals surface area contributed by atoms with Crippen molar-refractivity contribution < 1.29 is 14.6 Å². The predicted molar refractivity (Wildman–Crippen MR) is 43.0 cm³/mol. The van der Waals surface area contributed by atoms with Crippen LogP contribution in [0.4, 0.5) is 0 Å². The maximum atomic E-state index is 10.4. The van der Waals surface area contributed by atoms with Crippen LogP contribution in [0.15, 0.2) is 0 Å². The molecule has 0 rings (SSSR count). The van der Waals surface area contributed by atoms with Crippen LogP contribution in [0.5, 0.6) is 0 Å². The Labute approximate surface area is 70.0 Å². The fourth-order valence-corrected chi connectivity index (χ4v) is 0.250. The minimum absolute atomic E-state index is 0.613. The van der Waals surface area contributed by atoms with Crippen molar-refractivity contribution in [3.8, 4) is 0 Å². The second kappa shape index (κ2) is 5.64. The first kappa shape index (κ1) is 12.5. The highest BCUT2D eigenvalue weighted by Gasteiger charge is 2.23. The molecule has 0 radical (unpaired) electrons. The van der Waals surface area contributed by atoms with Crippen molar-refractivity contribution >= 4 is 28.3 Å². The number of hydrogen-bond acceptors (Lipinski definition) is 5. The van der Waals surface area contributed by atoms with Gasteiger partial charge in [0.15, 0.2) is 5.60 Å². The molecular weight excluding hydrogens is 172 g/mol. The topological polar surface area (TPSA) is 46.5 Å². The van der Waals surface area contributed by atoms with Gasteiger partial charge in [-0.05, 0) is 13.8 Å². The Bertz CT molecular complexity index is 108. The summed E-state index contributed by atoms with van der Waals surface area (Å²) < 4.78 is 4.23. The van der Waals surface area contributed by atoms with Crippen LogP contribution in [-0.2, 0) is 31.9 Å². The molecule has 0 bridgehead atoms. The van der Waals surface area contributed by atoms with Gasteiger partial charge < -0.3 is 9.84 Å². The number of carbonyl (C=O) groups excluding carboxylic acids is 1. The summed E-state index contributed by atoms with van der Waals surface area (Å²) in [4.78, 5) is 10.4. The minimum atomic E-state index is -1.35. The van der Waals surface area contributed by atoms with Crippen molar-refractivity contribution in [1.82, 2.24) is 0 Å². The summed E-state index contributed by atoms with van der Waals surface area (Å²) in [6.07, 6.45) is 0. The summed E-state index contributed by atoms with van der Waals surface area (Å²) in [5.74, 6) is -0.613. The van der Waals surface area contributed by atoms with Gasteiger partial charge in [0.05, 0.1) is 7.11 Å². The molecule has 3 nitrogen and oxygen atoms in total. The maximum absolute atomic E-state index is 10.4. The third-order valence-corrected chi connectivity index (χ3v) is 0.685. The Morgan fingerprint density at radius 3 is 1.80 bits per heavy atom. The Kier molecular flexibility index (Phi) is 7.07. The molecular formula is C5H10O3S2. The summed E-state index contributed by atoms with van der Waals surface area (Å²) in [6, 6.07) is 0. The Hall–Kier alpha value is -0.130. The third-order valence-electron chi connectivity index (χ3n) is 0.685. The zero-order chi connectivity index (χ0) is 8.78. The van der Waals surface area contributed by atoms with E-state index in [1.165, 1.54) is 21.0 Å². The van der Waals surface area contributed by atoms with Crippen LogP contribution in [-0.4, -0.2) is 23.8 Å². The predicted octanol–water partition coefficient (Wildman–Crippen LogP) is -0.0745. The van der Waals surface area contributed by atoms with E-state index in [1.807, 2.05) is 0 Å². The van der Waals surface area contributed by atoms with Gasteiger partial charge in [-0.2, -0.15) is 0 Å². The molecule has 0 unspecified atom stereocenters. The number of hydrogen-bond donors (Lipinski definition) is 1. The van der Waals surface area contributed by atoms with E-state index in [0.717, 1.165) is 0 Å². The number of carbonyl (C=O) groups is 1. The molecule has 1 N–H and O–H groups in total. The van der Waals surface area contributed by atoms with E-state index in [-0.39, 0.29) is 0 Å². The monoisotopic (exact) mass is 182 g/mol. The largest absolute Gasteiger partial charge is 0.467 e. The lowest BCUT2D eigenvalue weighted by Gasteiger charge is -2.12. The highest BCUT2D eigenvalue weighted by Crippen LogP contribution is 2.01. The van der Waals surface area contributed by atoms with Gasteiger partial charge in [-0.3, -0.25) is 0 Å². The van der Waals surface area contributed by atoms with Crippen molar-refractivity contribution in [3.63, 3.8) is 0 Å². The Morgan fingerprint density at radius 1 is 1.50 bits per heavy atom. The van der Waals surface area contributed by atoms with E-state index in [0.29, 0.717) is 0 Å². The lowest BCUT2D eigenvalue weighted by Crippen LogP contribution is -2.31. The average Bonchev–Trinajstić information content (AvgIpc) is 1.89. The second-order valence-corrected chi connectivity index (χ2v) is 2.05. The summed E-state index contributed by atoms with van der Waals surface area (Å²) in [5, 5.41) is 8.81. The van der Waals surface area contributed by atoms with Crippen LogP contribution in [0.25, 0.3) is 0 Å². The zero-order valence-electron chi connectivity index (χ0n) is 6.08. The third kappa shape index (κ3) is 6.00. The highest BCUT2D eigenvalue weighted by molar-refractivity contribution is 8.07. The average molecular weight is 182 g/mol. The van der Waals surface area contributed by atoms with Gasteiger partial charge in [0.25, 0.3) is 0 Å². The molecule has 0 aliphatic heterocycles. The zero-order valence-corrected chi connectivity index (χ0v) is 7.71. The summed E-state index contributed by atoms with van der Waals surface area (Å²) in [6.45, 7) is 2.75. The van der Waals surface area contributed by atoms with E-state index in [9.17, 15) is 4.79 Å². The van der Waals surface area contributed by atoms with Crippen LogP contribution in [0.3, 0.4) is 0 Å². The lowest BCUT2D eigenvalue weighted by atomic mass is 10.1. The van der Waals surface area contributed by atoms with E-state index in [1.54, 1.807) is 0 Å². The minimum Gasteiger partial charge on any atom is -0.467 e. The smallest absolute Gasteiger partial charge is 0.337 e. The Balaban J connectivity index is 0. The fourth-order valence-electron chi connectivity index (χ4n) is 0.250. The summed E-state index contributed by atoms with van der Waals surface area (Å²) in [5.41, 5.74) is -1.35. The molecule has 0 amide bonds. The molecule has 0 aromatic carbocycles. The maximum Gasteiger partial charge on any atom is 0.337 e. The summed E-state index contributed by atoms with van der Waals surface area (Å²) in [7, 11) is 1.24. The van der Waals surface area contributed by atoms with Gasteiger partial charge in [-0.15, -0.1) is 0 Å². The SMILES string of the molecule is COC(=O)C(C)(C)O.S=S. The summed E-state index contributed by atoms with van der Waals surface area (Å²) >= 11 is 7.33. The van der Waals surface area contributed by atoms with Gasteiger partial charge in [-0.1, -0.05) is 0 Å². The molecule has 0 aromatic rings. The van der Waals surface area contributed by atoms with E-state index in [2.05, 4.69) is 27.1 Å². The highest BCUT2D eigenvalue weighted by atomic mass is 32.8. The van der Waals surface area contributed by atoms with Gasteiger partial charge >= 0.3 is 5.97 Å². The number of esters is 1. The molecule has 10 heavy (non-hydrogen) atoms. The lowest BCUT2D eigenvalue weighted by molar-refractivity contribution is -0.158. The first-order valence-electron chi connectivity index (χ1n) is 2.46. The quantitative estimate of drug-likeness (QED) is 0.575. The van der Waals surface area contributed by atoms with Gasteiger partial charge in [0.1, 0.15) is 0 Å².